The second-order valence-corrected chi connectivity index (χ2v) is 8.48. The number of hydrogen-bond donors (Lipinski definition) is 0. The fourth-order valence-electron chi connectivity index (χ4n) is 4.42. The highest BCUT2D eigenvalue weighted by molar-refractivity contribution is 6.39. The molecule has 0 N–H and O–H groups in total. The molecule has 0 atom stereocenters. The minimum Gasteiger partial charge on any atom is -0.383 e. The molecule has 3 aromatic carbocycles. The molecule has 1 saturated heterocycles. The smallest absolute Gasteiger partial charge is 0.338 e. The molecule has 4 aromatic rings. The Kier molecular flexibility index (Phi) is 6.47. The number of aromatic nitrogens is 1. The highest BCUT2D eigenvalue weighted by Gasteiger charge is 2.42. The lowest BCUT2D eigenvalue weighted by Gasteiger charge is -2.33. The number of nitrogens with zero attached hydrogens (tertiary/aromatic N) is 3. The fourth-order valence-corrected chi connectivity index (χ4v) is 4.42. The number of ether oxygens (including phenoxy) is 1. The summed E-state index contributed by atoms with van der Waals surface area (Å²) in [5.41, 5.74) is 3.18. The summed E-state index contributed by atoms with van der Waals surface area (Å²) in [4.78, 5) is 42.3. The maximum absolute atomic E-state index is 13.6. The molecule has 1 aliphatic rings. The van der Waals surface area contributed by atoms with Crippen LogP contribution in [0.25, 0.3) is 17.0 Å². The first-order chi connectivity index (χ1) is 17.6. The van der Waals surface area contributed by atoms with Crippen molar-refractivity contribution in [3.63, 3.8) is 0 Å². The summed E-state index contributed by atoms with van der Waals surface area (Å²) >= 11 is 0. The van der Waals surface area contributed by atoms with Crippen LogP contribution in [-0.2, 0) is 20.9 Å². The first-order valence-corrected chi connectivity index (χ1v) is 11.7. The number of hydrogen-bond acceptors (Lipinski definition) is 4. The lowest BCUT2D eigenvalue weighted by atomic mass is 10.0. The van der Waals surface area contributed by atoms with Gasteiger partial charge in [0.1, 0.15) is 5.57 Å². The first kappa shape index (κ1) is 23.3. The number of anilines is 1. The van der Waals surface area contributed by atoms with Gasteiger partial charge in [-0.1, -0.05) is 66.7 Å². The third-order valence-corrected chi connectivity index (χ3v) is 6.18. The molecule has 1 aliphatic heterocycles. The standard InChI is InChI=1S/C29H25N3O4/c1-36-17-16-31-27(33)25(28(34)32(29(31)35)23-12-6-3-7-13-23)18-22-20-30(19-21-10-4-2-5-11-21)26-15-9-8-14-24(22)26/h2-15,18,20H,16-17,19H2,1H3/b25-18-. The highest BCUT2D eigenvalue weighted by atomic mass is 16.5. The van der Waals surface area contributed by atoms with Crippen molar-refractivity contribution in [1.82, 2.24) is 9.47 Å². The summed E-state index contributed by atoms with van der Waals surface area (Å²) in [5.74, 6) is -1.28. The third kappa shape index (κ3) is 4.32. The van der Waals surface area contributed by atoms with Crippen LogP contribution >= 0.6 is 0 Å². The van der Waals surface area contributed by atoms with Gasteiger partial charge in [0.05, 0.1) is 18.8 Å². The van der Waals surface area contributed by atoms with Gasteiger partial charge in [-0.25, -0.2) is 9.69 Å². The Bertz CT molecular complexity index is 1460. The number of carbonyl (C=O) groups is 3. The minimum atomic E-state index is -0.683. The van der Waals surface area contributed by atoms with Crippen molar-refractivity contribution >= 4 is 40.5 Å². The first-order valence-electron chi connectivity index (χ1n) is 11.7. The monoisotopic (exact) mass is 479 g/mol. The molecule has 1 fully saturated rings. The van der Waals surface area contributed by atoms with E-state index in [1.54, 1.807) is 36.4 Å². The normalized spacial score (nSPS) is 15.4. The van der Waals surface area contributed by atoms with Crippen LogP contribution < -0.4 is 4.90 Å². The Balaban J connectivity index is 1.60. The van der Waals surface area contributed by atoms with E-state index in [2.05, 4.69) is 16.7 Å². The average molecular weight is 480 g/mol. The summed E-state index contributed by atoms with van der Waals surface area (Å²) < 4.78 is 7.20. The molecule has 7 heteroatoms. The SMILES string of the molecule is COCCN1C(=O)/C(=C/c2cn(Cc3ccccc3)c3ccccc23)C(=O)N(c2ccccc2)C1=O. The topological polar surface area (TPSA) is 71.8 Å². The van der Waals surface area contributed by atoms with Crippen LogP contribution in [0.3, 0.4) is 0 Å². The molecule has 36 heavy (non-hydrogen) atoms. The van der Waals surface area contributed by atoms with Crippen molar-refractivity contribution in [2.75, 3.05) is 25.2 Å². The van der Waals surface area contributed by atoms with Crippen molar-refractivity contribution < 1.29 is 19.1 Å². The van der Waals surface area contributed by atoms with Crippen LogP contribution in [0.15, 0.2) is 96.7 Å². The summed E-state index contributed by atoms with van der Waals surface area (Å²) in [5, 5.41) is 0.910. The fraction of sp³-hybridized carbons (Fsp3) is 0.138. The van der Waals surface area contributed by atoms with E-state index in [0.717, 1.165) is 31.8 Å². The van der Waals surface area contributed by atoms with Crippen molar-refractivity contribution in [1.29, 1.82) is 0 Å². The van der Waals surface area contributed by atoms with Crippen molar-refractivity contribution in [3.8, 4) is 0 Å². The number of urea groups is 1. The van der Waals surface area contributed by atoms with E-state index < -0.39 is 17.8 Å². The van der Waals surface area contributed by atoms with Crippen LogP contribution in [0.1, 0.15) is 11.1 Å². The molecular formula is C29H25N3O4. The van der Waals surface area contributed by atoms with Gasteiger partial charge in [0.2, 0.25) is 0 Å². The van der Waals surface area contributed by atoms with Crippen LogP contribution in [0.2, 0.25) is 0 Å². The van der Waals surface area contributed by atoms with E-state index in [1.807, 2.05) is 48.7 Å². The Morgan fingerprint density at radius 3 is 2.19 bits per heavy atom. The van der Waals surface area contributed by atoms with Gasteiger partial charge in [0.25, 0.3) is 11.8 Å². The van der Waals surface area contributed by atoms with E-state index in [9.17, 15) is 14.4 Å². The quantitative estimate of drug-likeness (QED) is 0.284. The summed E-state index contributed by atoms with van der Waals surface area (Å²) in [7, 11) is 1.50. The number of imide groups is 2. The maximum Gasteiger partial charge on any atom is 0.338 e. The third-order valence-electron chi connectivity index (χ3n) is 6.18. The van der Waals surface area contributed by atoms with Crippen molar-refractivity contribution in [2.24, 2.45) is 0 Å². The zero-order valence-electron chi connectivity index (χ0n) is 19.8. The maximum atomic E-state index is 13.6. The van der Waals surface area contributed by atoms with Crippen molar-refractivity contribution in [2.45, 2.75) is 6.54 Å². The zero-order valence-corrected chi connectivity index (χ0v) is 19.8. The predicted molar refractivity (Wildman–Crippen MR) is 138 cm³/mol. The minimum absolute atomic E-state index is 0.0396. The van der Waals surface area contributed by atoms with Gasteiger partial charge in [0.15, 0.2) is 0 Å². The number of amides is 4. The van der Waals surface area contributed by atoms with Crippen molar-refractivity contribution in [3.05, 3.63) is 108 Å². The van der Waals surface area contributed by atoms with E-state index in [0.29, 0.717) is 12.2 Å². The Hall–Kier alpha value is -4.49. The second-order valence-electron chi connectivity index (χ2n) is 8.48. The number of methoxy groups -OCH3 is 1. The molecule has 7 nitrogen and oxygen atoms in total. The average Bonchev–Trinajstić information content (AvgIpc) is 3.25. The Morgan fingerprint density at radius 2 is 1.47 bits per heavy atom. The van der Waals surface area contributed by atoms with Crippen LogP contribution in [0, 0.1) is 0 Å². The molecule has 180 valence electrons. The number of rotatable bonds is 7. The molecule has 0 unspecified atom stereocenters. The van der Waals surface area contributed by atoms with E-state index in [4.69, 9.17) is 4.74 Å². The van der Waals surface area contributed by atoms with Crippen LogP contribution in [-0.4, -0.2) is 47.6 Å². The molecule has 0 bridgehead atoms. The van der Waals surface area contributed by atoms with E-state index >= 15 is 0 Å². The van der Waals surface area contributed by atoms with Gasteiger partial charge in [-0.2, -0.15) is 0 Å². The van der Waals surface area contributed by atoms with Crippen LogP contribution in [0.5, 0.6) is 0 Å². The van der Waals surface area contributed by atoms with Gasteiger partial charge in [-0.3, -0.25) is 14.5 Å². The largest absolute Gasteiger partial charge is 0.383 e. The zero-order chi connectivity index (χ0) is 25.1. The van der Waals surface area contributed by atoms with Crippen LogP contribution in [0.4, 0.5) is 10.5 Å². The lowest BCUT2D eigenvalue weighted by molar-refractivity contribution is -0.129. The molecule has 2 heterocycles. The number of para-hydroxylation sites is 2. The second kappa shape index (κ2) is 10.0. The molecule has 0 aliphatic carbocycles. The summed E-state index contributed by atoms with van der Waals surface area (Å²) in [6, 6.07) is 25.9. The molecular weight excluding hydrogens is 454 g/mol. The highest BCUT2D eigenvalue weighted by Crippen LogP contribution is 2.29. The molecule has 0 radical (unpaired) electrons. The molecule has 0 saturated carbocycles. The molecule has 1 aromatic heterocycles. The lowest BCUT2D eigenvalue weighted by Crippen LogP contribution is -2.57. The van der Waals surface area contributed by atoms with E-state index in [1.165, 1.54) is 7.11 Å². The van der Waals surface area contributed by atoms with E-state index in [-0.39, 0.29) is 18.7 Å². The number of fused-ring (bicyclic) bond motifs is 1. The predicted octanol–water partition coefficient (Wildman–Crippen LogP) is 4.71. The molecule has 5 rings (SSSR count). The number of barbiturate groups is 1. The Morgan fingerprint density at radius 1 is 0.806 bits per heavy atom. The number of benzene rings is 3. The molecule has 0 spiro atoms. The number of carbonyl (C=O) groups excluding carboxylic acids is 3. The summed E-state index contributed by atoms with van der Waals surface area (Å²) in [6.07, 6.45) is 3.53. The van der Waals surface area contributed by atoms with Gasteiger partial charge < -0.3 is 9.30 Å². The van der Waals surface area contributed by atoms with Gasteiger partial charge in [-0.15, -0.1) is 0 Å². The summed E-state index contributed by atoms with van der Waals surface area (Å²) in [6.45, 7) is 0.844. The van der Waals surface area contributed by atoms with Gasteiger partial charge >= 0.3 is 6.03 Å². The Labute approximate surface area is 208 Å². The molecule has 4 amide bonds. The van der Waals surface area contributed by atoms with Gasteiger partial charge in [-0.05, 0) is 29.8 Å². The van der Waals surface area contributed by atoms with Gasteiger partial charge in [0, 0.05) is 36.3 Å².